The SMILES string of the molecule is CC(=O)c1c(C)[nH]c(C(=O)[C@@H](C)Sc2nnc(-c3ccncc3)n2-c2ccc(F)cc2)c1C. The van der Waals surface area contributed by atoms with Gasteiger partial charge in [0, 0.05) is 34.9 Å². The van der Waals surface area contributed by atoms with Gasteiger partial charge >= 0.3 is 0 Å². The van der Waals surface area contributed by atoms with Gasteiger partial charge in [-0.2, -0.15) is 0 Å². The highest BCUT2D eigenvalue weighted by molar-refractivity contribution is 8.00. The number of aromatic amines is 1. The lowest BCUT2D eigenvalue weighted by Crippen LogP contribution is -2.16. The topological polar surface area (TPSA) is 93.5 Å². The van der Waals surface area contributed by atoms with E-state index in [1.807, 2.05) is 0 Å². The molecule has 0 saturated carbocycles. The number of rotatable bonds is 7. The van der Waals surface area contributed by atoms with Crippen molar-refractivity contribution in [2.24, 2.45) is 0 Å². The molecule has 9 heteroatoms. The molecule has 33 heavy (non-hydrogen) atoms. The normalized spacial score (nSPS) is 12.0. The van der Waals surface area contributed by atoms with Crippen molar-refractivity contribution in [3.8, 4) is 17.1 Å². The molecule has 0 spiro atoms. The lowest BCUT2D eigenvalue weighted by atomic mass is 10.0. The molecule has 0 radical (unpaired) electrons. The fourth-order valence-electron chi connectivity index (χ4n) is 3.80. The predicted molar refractivity (Wildman–Crippen MR) is 124 cm³/mol. The monoisotopic (exact) mass is 463 g/mol. The number of thioether (sulfide) groups is 1. The molecule has 168 valence electrons. The Morgan fingerprint density at radius 3 is 2.33 bits per heavy atom. The second-order valence-corrected chi connectivity index (χ2v) is 8.97. The molecule has 0 fully saturated rings. The minimum atomic E-state index is -0.518. The number of pyridine rings is 1. The van der Waals surface area contributed by atoms with E-state index in [1.165, 1.54) is 30.8 Å². The first-order chi connectivity index (χ1) is 15.8. The highest BCUT2D eigenvalue weighted by atomic mass is 32.2. The van der Waals surface area contributed by atoms with Crippen LogP contribution in [0.4, 0.5) is 4.39 Å². The first-order valence-electron chi connectivity index (χ1n) is 10.3. The van der Waals surface area contributed by atoms with E-state index < -0.39 is 5.25 Å². The molecule has 0 aliphatic carbocycles. The van der Waals surface area contributed by atoms with Gasteiger partial charge in [0.25, 0.3) is 0 Å². The van der Waals surface area contributed by atoms with Crippen LogP contribution in [0, 0.1) is 19.7 Å². The van der Waals surface area contributed by atoms with E-state index in [2.05, 4.69) is 20.2 Å². The summed E-state index contributed by atoms with van der Waals surface area (Å²) in [5, 5.41) is 8.63. The molecule has 1 aromatic carbocycles. The van der Waals surface area contributed by atoms with Crippen LogP contribution in [0.3, 0.4) is 0 Å². The summed E-state index contributed by atoms with van der Waals surface area (Å²) in [4.78, 5) is 32.3. The number of carbonyl (C=O) groups excluding carboxylic acids is 2. The van der Waals surface area contributed by atoms with Crippen molar-refractivity contribution in [2.45, 2.75) is 38.1 Å². The number of nitrogens with one attached hydrogen (secondary N) is 1. The summed E-state index contributed by atoms with van der Waals surface area (Å²) in [5.74, 6) is -0.0308. The molecule has 4 aromatic rings. The Balaban J connectivity index is 1.72. The Morgan fingerprint density at radius 2 is 1.73 bits per heavy atom. The molecule has 0 bridgehead atoms. The number of halogens is 1. The van der Waals surface area contributed by atoms with Crippen molar-refractivity contribution in [1.82, 2.24) is 24.7 Å². The van der Waals surface area contributed by atoms with E-state index >= 15 is 0 Å². The van der Waals surface area contributed by atoms with Crippen LogP contribution in [0.15, 0.2) is 53.9 Å². The third-order valence-electron chi connectivity index (χ3n) is 5.34. The first kappa shape index (κ1) is 22.6. The van der Waals surface area contributed by atoms with Gasteiger partial charge in [0.05, 0.1) is 10.9 Å². The zero-order valence-electron chi connectivity index (χ0n) is 18.6. The summed E-state index contributed by atoms with van der Waals surface area (Å²) >= 11 is 1.25. The highest BCUT2D eigenvalue weighted by Gasteiger charge is 2.27. The van der Waals surface area contributed by atoms with Gasteiger partial charge in [0.2, 0.25) is 0 Å². The Labute approximate surface area is 194 Å². The third-order valence-corrected chi connectivity index (χ3v) is 6.39. The quantitative estimate of drug-likeness (QED) is 0.307. The van der Waals surface area contributed by atoms with E-state index in [-0.39, 0.29) is 17.4 Å². The minimum absolute atomic E-state index is 0.0846. The number of aromatic nitrogens is 5. The van der Waals surface area contributed by atoms with E-state index in [9.17, 15) is 14.0 Å². The van der Waals surface area contributed by atoms with Crippen LogP contribution < -0.4 is 0 Å². The Morgan fingerprint density at radius 1 is 1.06 bits per heavy atom. The lowest BCUT2D eigenvalue weighted by Gasteiger charge is -2.13. The number of ketones is 2. The van der Waals surface area contributed by atoms with Gasteiger partial charge in [-0.05, 0) is 69.7 Å². The summed E-state index contributed by atoms with van der Waals surface area (Å²) < 4.78 is 15.3. The number of carbonyl (C=O) groups is 2. The molecule has 0 unspecified atom stereocenters. The second kappa shape index (κ2) is 9.11. The van der Waals surface area contributed by atoms with Gasteiger partial charge in [-0.1, -0.05) is 11.8 Å². The Bertz CT molecular complexity index is 1330. The van der Waals surface area contributed by atoms with Gasteiger partial charge in [0.1, 0.15) is 5.82 Å². The van der Waals surface area contributed by atoms with Crippen molar-refractivity contribution < 1.29 is 14.0 Å². The molecule has 0 aliphatic heterocycles. The van der Waals surface area contributed by atoms with Crippen molar-refractivity contribution in [2.75, 3.05) is 0 Å². The largest absolute Gasteiger partial charge is 0.355 e. The molecular formula is C24H22FN5O2S. The number of aryl methyl sites for hydroxylation is 1. The highest BCUT2D eigenvalue weighted by Crippen LogP contribution is 2.32. The van der Waals surface area contributed by atoms with Gasteiger partial charge in [-0.3, -0.25) is 19.1 Å². The van der Waals surface area contributed by atoms with E-state index in [1.54, 1.807) is 62.0 Å². The molecule has 3 heterocycles. The Hall–Kier alpha value is -3.59. The zero-order chi connectivity index (χ0) is 23.7. The summed E-state index contributed by atoms with van der Waals surface area (Å²) in [6.45, 7) is 6.82. The average molecular weight is 464 g/mol. The fourth-order valence-corrected chi connectivity index (χ4v) is 4.72. The summed E-state index contributed by atoms with van der Waals surface area (Å²) in [5.41, 5.74) is 3.74. The average Bonchev–Trinajstić information content (AvgIpc) is 3.34. The van der Waals surface area contributed by atoms with Crippen LogP contribution in [0.5, 0.6) is 0 Å². The molecule has 0 saturated heterocycles. The maximum atomic E-state index is 13.6. The molecule has 1 atom stereocenters. The maximum absolute atomic E-state index is 13.6. The van der Waals surface area contributed by atoms with Crippen molar-refractivity contribution in [3.05, 3.63) is 77.1 Å². The maximum Gasteiger partial charge on any atom is 0.196 e. The van der Waals surface area contributed by atoms with Gasteiger partial charge < -0.3 is 4.98 Å². The summed E-state index contributed by atoms with van der Waals surface area (Å²) in [6.07, 6.45) is 3.31. The molecule has 4 rings (SSSR count). The van der Waals surface area contributed by atoms with Gasteiger partial charge in [-0.15, -0.1) is 10.2 Å². The van der Waals surface area contributed by atoms with Crippen molar-refractivity contribution in [1.29, 1.82) is 0 Å². The molecule has 7 nitrogen and oxygen atoms in total. The molecular weight excluding hydrogens is 441 g/mol. The van der Waals surface area contributed by atoms with Crippen LogP contribution in [0.25, 0.3) is 17.1 Å². The summed E-state index contributed by atoms with van der Waals surface area (Å²) in [7, 11) is 0. The van der Waals surface area contributed by atoms with Crippen LogP contribution in [-0.4, -0.2) is 41.5 Å². The van der Waals surface area contributed by atoms with E-state index in [0.717, 1.165) is 5.56 Å². The first-order valence-corrected chi connectivity index (χ1v) is 11.2. The predicted octanol–water partition coefficient (Wildman–Crippen LogP) is 4.98. The second-order valence-electron chi connectivity index (χ2n) is 7.66. The van der Waals surface area contributed by atoms with E-state index in [4.69, 9.17) is 0 Å². The number of nitrogens with zero attached hydrogens (tertiary/aromatic N) is 4. The number of benzene rings is 1. The van der Waals surface area contributed by atoms with Crippen molar-refractivity contribution >= 4 is 23.3 Å². The third kappa shape index (κ3) is 4.36. The van der Waals surface area contributed by atoms with Gasteiger partial charge in [-0.25, -0.2) is 4.39 Å². The van der Waals surface area contributed by atoms with E-state index in [0.29, 0.717) is 39.2 Å². The van der Waals surface area contributed by atoms with Crippen LogP contribution in [0.2, 0.25) is 0 Å². The standard InChI is InChI=1S/C24H22FN5O2S/c1-13-20(15(3)31)14(2)27-21(13)22(32)16(4)33-24-29-28-23(17-9-11-26-12-10-17)30(24)19-7-5-18(25)6-8-19/h5-12,16,27H,1-4H3/t16-/m1/s1. The molecule has 0 aliphatic rings. The fraction of sp³-hybridized carbons (Fsp3) is 0.208. The molecule has 1 N–H and O–H groups in total. The van der Waals surface area contributed by atoms with Gasteiger partial charge in [0.15, 0.2) is 22.5 Å². The number of hydrogen-bond acceptors (Lipinski definition) is 6. The molecule has 0 amide bonds. The smallest absolute Gasteiger partial charge is 0.196 e. The number of hydrogen-bond donors (Lipinski definition) is 1. The van der Waals surface area contributed by atoms with Crippen LogP contribution in [-0.2, 0) is 0 Å². The minimum Gasteiger partial charge on any atom is -0.355 e. The zero-order valence-corrected chi connectivity index (χ0v) is 19.4. The van der Waals surface area contributed by atoms with Crippen molar-refractivity contribution in [3.63, 3.8) is 0 Å². The van der Waals surface area contributed by atoms with Crippen LogP contribution >= 0.6 is 11.8 Å². The molecule has 3 aromatic heterocycles. The number of Topliss-reactive ketones (excluding diaryl/α,β-unsaturated/α-hetero) is 2. The Kier molecular flexibility index (Phi) is 6.24. The number of H-pyrrole nitrogens is 1. The van der Waals surface area contributed by atoms with Crippen LogP contribution in [0.1, 0.15) is 46.0 Å². The lowest BCUT2D eigenvalue weighted by molar-refractivity contribution is 0.0988. The summed E-state index contributed by atoms with van der Waals surface area (Å²) in [6, 6.07) is 9.62.